The van der Waals surface area contributed by atoms with Gasteiger partial charge in [-0.05, 0) is 70.9 Å². The standard InChI is InChI=1S/C32H41N3O7/c1-8-23-12-10-11-13-25(23)28(29(38)33-19-18-27(37)41-9-2)35(21(3)4)30(39)26(34-31(40)42-32(5,6)7)20-22-14-16-24(36)17-15-22/h1,10-17,21,26,28,36H,9,18-20H2,2-7H3,(H,33,38)(H,34,40). The third-order valence-corrected chi connectivity index (χ3v) is 6.05. The van der Waals surface area contributed by atoms with Crippen molar-refractivity contribution in [3.8, 4) is 18.1 Å². The first kappa shape index (κ1) is 33.7. The second kappa shape index (κ2) is 15.5. The molecule has 10 heteroatoms. The van der Waals surface area contributed by atoms with Crippen molar-refractivity contribution in [2.24, 2.45) is 0 Å². The number of phenolic OH excluding ortho intramolecular Hbond substituents is 1. The summed E-state index contributed by atoms with van der Waals surface area (Å²) in [6.45, 7) is 10.5. The number of benzene rings is 2. The van der Waals surface area contributed by atoms with Gasteiger partial charge in [-0.1, -0.05) is 36.3 Å². The zero-order valence-corrected chi connectivity index (χ0v) is 25.1. The van der Waals surface area contributed by atoms with Gasteiger partial charge in [0, 0.05) is 24.6 Å². The highest BCUT2D eigenvalue weighted by atomic mass is 16.6. The van der Waals surface area contributed by atoms with Crippen molar-refractivity contribution in [2.45, 2.75) is 78.1 Å². The summed E-state index contributed by atoms with van der Waals surface area (Å²) in [6, 6.07) is 10.2. The minimum absolute atomic E-state index is 0.0143. The molecule has 2 aromatic rings. The lowest BCUT2D eigenvalue weighted by Crippen LogP contribution is -2.56. The fraction of sp³-hybridized carbons (Fsp3) is 0.438. The zero-order chi connectivity index (χ0) is 31.4. The Morgan fingerprint density at radius 3 is 2.26 bits per heavy atom. The Morgan fingerprint density at radius 2 is 1.69 bits per heavy atom. The van der Waals surface area contributed by atoms with Crippen LogP contribution >= 0.6 is 0 Å². The van der Waals surface area contributed by atoms with Gasteiger partial charge in [0.2, 0.25) is 11.8 Å². The molecule has 0 aromatic heterocycles. The molecule has 2 unspecified atom stereocenters. The number of terminal acetylenes is 1. The van der Waals surface area contributed by atoms with Gasteiger partial charge in [0.1, 0.15) is 23.4 Å². The number of rotatable bonds is 12. The van der Waals surface area contributed by atoms with E-state index in [2.05, 4.69) is 16.6 Å². The Labute approximate surface area is 247 Å². The van der Waals surface area contributed by atoms with Crippen molar-refractivity contribution in [2.75, 3.05) is 13.2 Å². The molecule has 2 atom stereocenters. The summed E-state index contributed by atoms with van der Waals surface area (Å²) in [5.74, 6) is 1.06. The maximum Gasteiger partial charge on any atom is 0.408 e. The van der Waals surface area contributed by atoms with E-state index in [-0.39, 0.29) is 31.7 Å². The number of aromatic hydroxyl groups is 1. The van der Waals surface area contributed by atoms with Gasteiger partial charge in [-0.3, -0.25) is 14.4 Å². The molecule has 42 heavy (non-hydrogen) atoms. The average Bonchev–Trinajstić information content (AvgIpc) is 2.91. The molecule has 0 aliphatic rings. The van der Waals surface area contributed by atoms with E-state index in [0.717, 1.165) is 0 Å². The first-order valence-electron chi connectivity index (χ1n) is 13.9. The number of phenols is 1. The van der Waals surface area contributed by atoms with E-state index in [9.17, 15) is 24.3 Å². The summed E-state index contributed by atoms with van der Waals surface area (Å²) >= 11 is 0. The Balaban J connectivity index is 2.54. The second-order valence-electron chi connectivity index (χ2n) is 10.9. The fourth-order valence-corrected chi connectivity index (χ4v) is 4.28. The summed E-state index contributed by atoms with van der Waals surface area (Å²) in [7, 11) is 0. The van der Waals surface area contributed by atoms with Gasteiger partial charge >= 0.3 is 12.1 Å². The van der Waals surface area contributed by atoms with Crippen molar-refractivity contribution in [1.29, 1.82) is 0 Å². The van der Waals surface area contributed by atoms with E-state index < -0.39 is 47.6 Å². The Morgan fingerprint density at radius 1 is 1.05 bits per heavy atom. The molecule has 0 bridgehead atoms. The van der Waals surface area contributed by atoms with Crippen LogP contribution in [0, 0.1) is 12.3 Å². The molecule has 3 N–H and O–H groups in total. The molecular weight excluding hydrogens is 538 g/mol. The number of hydrogen-bond donors (Lipinski definition) is 3. The van der Waals surface area contributed by atoms with Gasteiger partial charge < -0.3 is 30.1 Å². The number of nitrogens with one attached hydrogen (secondary N) is 2. The highest BCUT2D eigenvalue weighted by molar-refractivity contribution is 5.93. The summed E-state index contributed by atoms with van der Waals surface area (Å²) in [5, 5.41) is 15.1. The molecule has 0 heterocycles. The van der Waals surface area contributed by atoms with Crippen LogP contribution in [0.25, 0.3) is 0 Å². The summed E-state index contributed by atoms with van der Waals surface area (Å²) < 4.78 is 10.4. The monoisotopic (exact) mass is 579 g/mol. The molecule has 2 aromatic carbocycles. The second-order valence-corrected chi connectivity index (χ2v) is 10.9. The molecule has 0 saturated heterocycles. The predicted octanol–water partition coefficient (Wildman–Crippen LogP) is 3.86. The molecule has 10 nitrogen and oxygen atoms in total. The number of esters is 1. The number of carbonyl (C=O) groups is 4. The molecule has 0 saturated carbocycles. The number of nitrogens with zero attached hydrogens (tertiary/aromatic N) is 1. The van der Waals surface area contributed by atoms with Crippen molar-refractivity contribution in [1.82, 2.24) is 15.5 Å². The molecular formula is C32H41N3O7. The maximum atomic E-state index is 14.3. The van der Waals surface area contributed by atoms with E-state index >= 15 is 0 Å². The van der Waals surface area contributed by atoms with Gasteiger partial charge in [-0.25, -0.2) is 4.79 Å². The van der Waals surface area contributed by atoms with Gasteiger partial charge in [0.15, 0.2) is 0 Å². The van der Waals surface area contributed by atoms with Gasteiger partial charge in [-0.2, -0.15) is 0 Å². The van der Waals surface area contributed by atoms with E-state index in [0.29, 0.717) is 16.7 Å². The quantitative estimate of drug-likeness (QED) is 0.257. The molecule has 0 aliphatic heterocycles. The average molecular weight is 580 g/mol. The highest BCUT2D eigenvalue weighted by Gasteiger charge is 2.38. The van der Waals surface area contributed by atoms with Crippen molar-refractivity contribution in [3.05, 3.63) is 65.2 Å². The molecule has 2 rings (SSSR count). The lowest BCUT2D eigenvalue weighted by atomic mass is 9.95. The van der Waals surface area contributed by atoms with Crippen LogP contribution in [0.2, 0.25) is 0 Å². The van der Waals surface area contributed by atoms with Crippen molar-refractivity contribution in [3.63, 3.8) is 0 Å². The van der Waals surface area contributed by atoms with Crippen molar-refractivity contribution < 1.29 is 33.8 Å². The number of amides is 3. The third-order valence-electron chi connectivity index (χ3n) is 6.05. The van der Waals surface area contributed by atoms with Crippen LogP contribution in [-0.4, -0.2) is 64.7 Å². The maximum absolute atomic E-state index is 14.3. The zero-order valence-electron chi connectivity index (χ0n) is 25.1. The first-order valence-corrected chi connectivity index (χ1v) is 13.9. The highest BCUT2D eigenvalue weighted by Crippen LogP contribution is 2.28. The summed E-state index contributed by atoms with van der Waals surface area (Å²) in [4.78, 5) is 54.2. The lowest BCUT2D eigenvalue weighted by molar-refractivity contribution is -0.145. The minimum Gasteiger partial charge on any atom is -0.508 e. The van der Waals surface area contributed by atoms with E-state index in [1.807, 2.05) is 0 Å². The summed E-state index contributed by atoms with van der Waals surface area (Å²) in [6.07, 6.45) is 4.97. The predicted molar refractivity (Wildman–Crippen MR) is 158 cm³/mol. The molecule has 0 spiro atoms. The Bertz CT molecular complexity index is 1280. The van der Waals surface area contributed by atoms with Crippen LogP contribution < -0.4 is 10.6 Å². The van der Waals surface area contributed by atoms with Crippen LogP contribution in [0.15, 0.2) is 48.5 Å². The van der Waals surface area contributed by atoms with Gasteiger partial charge in [-0.15, -0.1) is 6.42 Å². The smallest absolute Gasteiger partial charge is 0.408 e. The van der Waals surface area contributed by atoms with Crippen LogP contribution in [0.4, 0.5) is 4.79 Å². The van der Waals surface area contributed by atoms with E-state index in [4.69, 9.17) is 15.9 Å². The van der Waals surface area contributed by atoms with Crippen LogP contribution in [-0.2, 0) is 30.3 Å². The molecule has 226 valence electrons. The van der Waals surface area contributed by atoms with E-state index in [1.54, 1.807) is 77.9 Å². The lowest BCUT2D eigenvalue weighted by Gasteiger charge is -2.37. The largest absolute Gasteiger partial charge is 0.508 e. The van der Waals surface area contributed by atoms with Gasteiger partial charge in [0.25, 0.3) is 0 Å². The van der Waals surface area contributed by atoms with Crippen LogP contribution in [0.1, 0.15) is 70.7 Å². The number of alkyl carbamates (subject to hydrolysis) is 1. The topological polar surface area (TPSA) is 134 Å². The molecule has 0 fully saturated rings. The Hall–Kier alpha value is -4.52. The normalized spacial score (nSPS) is 12.4. The van der Waals surface area contributed by atoms with Gasteiger partial charge in [0.05, 0.1) is 13.0 Å². The van der Waals surface area contributed by atoms with Crippen LogP contribution in [0.5, 0.6) is 5.75 Å². The Kier molecular flexibility index (Phi) is 12.4. The molecule has 3 amide bonds. The number of ether oxygens (including phenoxy) is 2. The van der Waals surface area contributed by atoms with Crippen LogP contribution in [0.3, 0.4) is 0 Å². The van der Waals surface area contributed by atoms with Crippen molar-refractivity contribution >= 4 is 23.9 Å². The molecule has 0 radical (unpaired) electrons. The van der Waals surface area contributed by atoms with E-state index in [1.165, 1.54) is 17.0 Å². The minimum atomic E-state index is -1.19. The molecule has 0 aliphatic carbocycles. The number of hydrogen-bond acceptors (Lipinski definition) is 7. The first-order chi connectivity index (χ1) is 19.8. The fourth-order valence-electron chi connectivity index (χ4n) is 4.28. The SMILES string of the molecule is C#Cc1ccccc1C(C(=O)NCCC(=O)OCC)N(C(=O)C(Cc1ccc(O)cc1)NC(=O)OC(C)(C)C)C(C)C. The summed E-state index contributed by atoms with van der Waals surface area (Å²) in [5.41, 5.74) is 0.666. The third kappa shape index (κ3) is 10.1. The number of carbonyl (C=O) groups excluding carboxylic acids is 4.